The molecule has 0 spiro atoms. The second-order valence-electron chi connectivity index (χ2n) is 4.00. The SMILES string of the molecule is N#Cc1ccc(CNC(=O)CCOCC(F)(F)F)cc1. The van der Waals surface area contributed by atoms with Crippen LogP contribution < -0.4 is 5.32 Å². The fraction of sp³-hybridized carbons (Fsp3) is 0.385. The van der Waals surface area contributed by atoms with Gasteiger partial charge in [-0.25, -0.2) is 0 Å². The van der Waals surface area contributed by atoms with Crippen LogP contribution in [0.1, 0.15) is 17.5 Å². The Morgan fingerprint density at radius 2 is 1.95 bits per heavy atom. The summed E-state index contributed by atoms with van der Waals surface area (Å²) in [6.45, 7) is -1.38. The third-order valence-electron chi connectivity index (χ3n) is 2.31. The van der Waals surface area contributed by atoms with Crippen LogP contribution in [0.25, 0.3) is 0 Å². The van der Waals surface area contributed by atoms with Crippen molar-refractivity contribution in [3.63, 3.8) is 0 Å². The van der Waals surface area contributed by atoms with Crippen molar-refractivity contribution in [2.75, 3.05) is 13.2 Å². The first-order chi connectivity index (χ1) is 9.40. The van der Waals surface area contributed by atoms with Crippen LogP contribution in [0.5, 0.6) is 0 Å². The number of nitrogens with one attached hydrogen (secondary N) is 1. The summed E-state index contributed by atoms with van der Waals surface area (Å²) in [5.41, 5.74) is 1.31. The highest BCUT2D eigenvalue weighted by molar-refractivity contribution is 5.75. The Bertz CT molecular complexity index is 478. The van der Waals surface area contributed by atoms with E-state index >= 15 is 0 Å². The first kappa shape index (κ1) is 16.0. The number of hydrogen-bond acceptors (Lipinski definition) is 3. The van der Waals surface area contributed by atoms with Crippen molar-refractivity contribution < 1.29 is 22.7 Å². The summed E-state index contributed by atoms with van der Waals surface area (Å²) in [6.07, 6.45) is -4.51. The second kappa shape index (κ2) is 7.50. The van der Waals surface area contributed by atoms with E-state index in [1.54, 1.807) is 24.3 Å². The largest absolute Gasteiger partial charge is 0.411 e. The molecule has 1 amide bonds. The van der Waals surface area contributed by atoms with E-state index in [9.17, 15) is 18.0 Å². The maximum absolute atomic E-state index is 11.8. The third-order valence-corrected chi connectivity index (χ3v) is 2.31. The van der Waals surface area contributed by atoms with Crippen LogP contribution in [0, 0.1) is 11.3 Å². The van der Waals surface area contributed by atoms with Crippen molar-refractivity contribution in [3.8, 4) is 6.07 Å². The number of carbonyl (C=O) groups excluding carboxylic acids is 1. The van der Waals surface area contributed by atoms with Crippen LogP contribution in [0.4, 0.5) is 13.2 Å². The van der Waals surface area contributed by atoms with Gasteiger partial charge in [-0.3, -0.25) is 4.79 Å². The lowest BCUT2D eigenvalue weighted by Gasteiger charge is -2.08. The molecule has 0 aliphatic carbocycles. The molecule has 20 heavy (non-hydrogen) atoms. The normalized spacial score (nSPS) is 10.9. The van der Waals surface area contributed by atoms with Gasteiger partial charge in [0.1, 0.15) is 6.61 Å². The molecule has 0 heterocycles. The highest BCUT2D eigenvalue weighted by Crippen LogP contribution is 2.14. The van der Waals surface area contributed by atoms with Crippen molar-refractivity contribution in [1.82, 2.24) is 5.32 Å². The molecule has 0 unspecified atom stereocenters. The van der Waals surface area contributed by atoms with E-state index in [1.165, 1.54) is 0 Å². The molecule has 108 valence electrons. The molecule has 0 aliphatic rings. The number of hydrogen-bond donors (Lipinski definition) is 1. The van der Waals surface area contributed by atoms with E-state index in [4.69, 9.17) is 5.26 Å². The molecule has 0 aromatic heterocycles. The predicted octanol–water partition coefficient (Wildman–Crippen LogP) is 2.14. The average molecular weight is 286 g/mol. The minimum atomic E-state index is -4.38. The van der Waals surface area contributed by atoms with E-state index in [2.05, 4.69) is 10.1 Å². The fourth-order valence-corrected chi connectivity index (χ4v) is 1.34. The number of halogens is 3. The van der Waals surface area contributed by atoms with Gasteiger partial charge in [-0.2, -0.15) is 18.4 Å². The van der Waals surface area contributed by atoms with Crippen molar-refractivity contribution in [1.29, 1.82) is 5.26 Å². The first-order valence-corrected chi connectivity index (χ1v) is 5.81. The van der Waals surface area contributed by atoms with Gasteiger partial charge in [-0.1, -0.05) is 12.1 Å². The Kier molecular flexibility index (Phi) is 6.00. The van der Waals surface area contributed by atoms with Gasteiger partial charge in [0, 0.05) is 13.0 Å². The average Bonchev–Trinajstić information content (AvgIpc) is 2.41. The standard InChI is InChI=1S/C13H13F3N2O2/c14-13(15,16)9-20-6-5-12(19)18-8-11-3-1-10(7-17)2-4-11/h1-4H,5-6,8-9H2,(H,18,19). The van der Waals surface area contributed by atoms with Gasteiger partial charge >= 0.3 is 6.18 Å². The quantitative estimate of drug-likeness (QED) is 0.815. The van der Waals surface area contributed by atoms with E-state index in [0.717, 1.165) is 5.56 Å². The Labute approximate surface area is 114 Å². The molecule has 7 heteroatoms. The van der Waals surface area contributed by atoms with Crippen molar-refractivity contribution in [2.45, 2.75) is 19.1 Å². The van der Waals surface area contributed by atoms with Gasteiger partial charge in [0.15, 0.2) is 0 Å². The first-order valence-electron chi connectivity index (χ1n) is 5.81. The molecule has 4 nitrogen and oxygen atoms in total. The smallest absolute Gasteiger partial charge is 0.372 e. The lowest BCUT2D eigenvalue weighted by molar-refractivity contribution is -0.174. The molecule has 0 radical (unpaired) electrons. The van der Waals surface area contributed by atoms with Crippen LogP contribution in [-0.2, 0) is 16.1 Å². The molecule has 1 aromatic carbocycles. The summed E-state index contributed by atoms with van der Waals surface area (Å²) in [7, 11) is 0. The van der Waals surface area contributed by atoms with Gasteiger partial charge in [-0.15, -0.1) is 0 Å². The number of rotatable bonds is 6. The minimum absolute atomic E-state index is 0.133. The number of carbonyl (C=O) groups is 1. The van der Waals surface area contributed by atoms with Gasteiger partial charge < -0.3 is 10.1 Å². The summed E-state index contributed by atoms with van der Waals surface area (Å²) < 4.78 is 39.6. The number of alkyl halides is 3. The minimum Gasteiger partial charge on any atom is -0.372 e. The van der Waals surface area contributed by atoms with E-state index in [1.807, 2.05) is 6.07 Å². The van der Waals surface area contributed by atoms with Gasteiger partial charge in [-0.05, 0) is 17.7 Å². The van der Waals surface area contributed by atoms with Gasteiger partial charge in [0.05, 0.1) is 18.2 Å². The van der Waals surface area contributed by atoms with Crippen molar-refractivity contribution >= 4 is 5.91 Å². The molecular weight excluding hydrogens is 273 g/mol. The van der Waals surface area contributed by atoms with Crippen LogP contribution in [0.15, 0.2) is 24.3 Å². The molecular formula is C13H13F3N2O2. The number of ether oxygens (including phenoxy) is 1. The second-order valence-corrected chi connectivity index (χ2v) is 4.00. The zero-order chi connectivity index (χ0) is 15.0. The fourth-order valence-electron chi connectivity index (χ4n) is 1.34. The van der Waals surface area contributed by atoms with Crippen LogP contribution in [0.2, 0.25) is 0 Å². The van der Waals surface area contributed by atoms with Gasteiger partial charge in [0.2, 0.25) is 5.91 Å². The molecule has 0 aliphatic heterocycles. The molecule has 0 saturated carbocycles. The monoisotopic (exact) mass is 286 g/mol. The lowest BCUT2D eigenvalue weighted by atomic mass is 10.1. The third kappa shape index (κ3) is 6.75. The number of nitrogens with zero attached hydrogens (tertiary/aromatic N) is 1. The predicted molar refractivity (Wildman–Crippen MR) is 64.5 cm³/mol. The molecule has 1 N–H and O–H groups in total. The molecule has 0 atom stereocenters. The summed E-state index contributed by atoms with van der Waals surface area (Å²) in [5, 5.41) is 11.2. The van der Waals surface area contributed by atoms with Crippen LogP contribution >= 0.6 is 0 Å². The summed E-state index contributed by atoms with van der Waals surface area (Å²) in [5.74, 6) is -0.392. The molecule has 0 fully saturated rings. The van der Waals surface area contributed by atoms with E-state index in [0.29, 0.717) is 5.56 Å². The van der Waals surface area contributed by atoms with Crippen molar-refractivity contribution in [3.05, 3.63) is 35.4 Å². The topological polar surface area (TPSA) is 62.1 Å². The molecule has 1 aromatic rings. The maximum atomic E-state index is 11.8. The van der Waals surface area contributed by atoms with Gasteiger partial charge in [0.25, 0.3) is 0 Å². The molecule has 1 rings (SSSR count). The lowest BCUT2D eigenvalue weighted by Crippen LogP contribution is -2.25. The van der Waals surface area contributed by atoms with Crippen LogP contribution in [0.3, 0.4) is 0 Å². The summed E-state index contributed by atoms with van der Waals surface area (Å²) >= 11 is 0. The summed E-state index contributed by atoms with van der Waals surface area (Å²) in [6, 6.07) is 8.59. The number of nitriles is 1. The zero-order valence-corrected chi connectivity index (χ0v) is 10.5. The Balaban J connectivity index is 2.21. The number of benzene rings is 1. The van der Waals surface area contributed by atoms with E-state index < -0.39 is 18.7 Å². The zero-order valence-electron chi connectivity index (χ0n) is 10.5. The van der Waals surface area contributed by atoms with E-state index in [-0.39, 0.29) is 19.6 Å². The Morgan fingerprint density at radius 1 is 1.30 bits per heavy atom. The number of amides is 1. The molecule has 0 saturated heterocycles. The highest BCUT2D eigenvalue weighted by atomic mass is 19.4. The summed E-state index contributed by atoms with van der Waals surface area (Å²) in [4.78, 5) is 11.3. The Hall–Kier alpha value is -2.07. The highest BCUT2D eigenvalue weighted by Gasteiger charge is 2.27. The Morgan fingerprint density at radius 3 is 2.50 bits per heavy atom. The van der Waals surface area contributed by atoms with Crippen LogP contribution in [-0.4, -0.2) is 25.3 Å². The maximum Gasteiger partial charge on any atom is 0.411 e. The van der Waals surface area contributed by atoms with Crippen molar-refractivity contribution in [2.24, 2.45) is 0 Å². The molecule has 0 bridgehead atoms.